The van der Waals surface area contributed by atoms with Crippen LogP contribution in [0.15, 0.2) is 35.6 Å². The zero-order valence-corrected chi connectivity index (χ0v) is 15.7. The lowest BCUT2D eigenvalue weighted by Gasteiger charge is -2.05. The van der Waals surface area contributed by atoms with Crippen molar-refractivity contribution in [3.05, 3.63) is 52.4 Å². The molecule has 0 bridgehead atoms. The standard InChI is InChI=1S/C17H16N6S2/c1-10-4-6-13(7-5-10)23-14(20-21-22-23)8-24-16-15-11(2)12(3)25-17(15)19-9-18-16/h4-7,9H,8H2,1-3H3. The zero-order valence-electron chi connectivity index (χ0n) is 14.1. The molecule has 25 heavy (non-hydrogen) atoms. The van der Waals surface area contributed by atoms with Crippen molar-refractivity contribution < 1.29 is 0 Å². The number of benzene rings is 1. The Bertz CT molecular complexity index is 1040. The molecule has 4 rings (SSSR count). The van der Waals surface area contributed by atoms with Crippen molar-refractivity contribution in [2.24, 2.45) is 0 Å². The van der Waals surface area contributed by atoms with Crippen molar-refractivity contribution >= 4 is 33.3 Å². The Hall–Kier alpha value is -2.32. The highest BCUT2D eigenvalue weighted by atomic mass is 32.2. The van der Waals surface area contributed by atoms with Gasteiger partial charge in [0.1, 0.15) is 16.2 Å². The van der Waals surface area contributed by atoms with Gasteiger partial charge in [-0.1, -0.05) is 29.5 Å². The Labute approximate surface area is 153 Å². The summed E-state index contributed by atoms with van der Waals surface area (Å²) in [4.78, 5) is 11.2. The summed E-state index contributed by atoms with van der Waals surface area (Å²) < 4.78 is 1.77. The number of tetrazole rings is 1. The van der Waals surface area contributed by atoms with Gasteiger partial charge in [-0.3, -0.25) is 0 Å². The maximum Gasteiger partial charge on any atom is 0.166 e. The van der Waals surface area contributed by atoms with Crippen molar-refractivity contribution in [2.75, 3.05) is 0 Å². The number of fused-ring (bicyclic) bond motifs is 1. The minimum Gasteiger partial charge on any atom is -0.229 e. The molecule has 0 saturated heterocycles. The maximum absolute atomic E-state index is 4.48. The van der Waals surface area contributed by atoms with E-state index in [-0.39, 0.29) is 0 Å². The van der Waals surface area contributed by atoms with Crippen LogP contribution < -0.4 is 0 Å². The van der Waals surface area contributed by atoms with Crippen LogP contribution in [0, 0.1) is 20.8 Å². The van der Waals surface area contributed by atoms with Gasteiger partial charge in [0.05, 0.1) is 11.4 Å². The van der Waals surface area contributed by atoms with Gasteiger partial charge in [0.15, 0.2) is 5.82 Å². The summed E-state index contributed by atoms with van der Waals surface area (Å²) in [6.45, 7) is 6.30. The molecule has 0 N–H and O–H groups in total. The van der Waals surface area contributed by atoms with Gasteiger partial charge in [-0.05, 0) is 48.9 Å². The van der Waals surface area contributed by atoms with E-state index in [1.807, 2.05) is 12.1 Å². The fourth-order valence-electron chi connectivity index (χ4n) is 2.57. The summed E-state index contributed by atoms with van der Waals surface area (Å²) in [5, 5.41) is 14.3. The third kappa shape index (κ3) is 3.03. The van der Waals surface area contributed by atoms with Gasteiger partial charge in [-0.15, -0.1) is 16.4 Å². The van der Waals surface area contributed by atoms with Crippen LogP contribution in [0.3, 0.4) is 0 Å². The van der Waals surface area contributed by atoms with Crippen LogP contribution in [0.25, 0.3) is 15.9 Å². The Morgan fingerprint density at radius 3 is 2.68 bits per heavy atom. The molecule has 0 saturated carbocycles. The quantitative estimate of drug-likeness (QED) is 0.402. The van der Waals surface area contributed by atoms with E-state index in [9.17, 15) is 0 Å². The zero-order chi connectivity index (χ0) is 17.4. The minimum atomic E-state index is 0.640. The fourth-order valence-corrected chi connectivity index (χ4v) is 4.60. The van der Waals surface area contributed by atoms with Crippen LogP contribution in [-0.2, 0) is 5.75 Å². The molecule has 0 aliphatic carbocycles. The summed E-state index contributed by atoms with van der Waals surface area (Å²) in [6.07, 6.45) is 1.63. The Morgan fingerprint density at radius 1 is 1.08 bits per heavy atom. The normalized spacial score (nSPS) is 11.3. The minimum absolute atomic E-state index is 0.640. The number of aryl methyl sites for hydroxylation is 3. The van der Waals surface area contributed by atoms with Crippen molar-refractivity contribution in [3.63, 3.8) is 0 Å². The predicted octanol–water partition coefficient (Wildman–Crippen LogP) is 3.88. The van der Waals surface area contributed by atoms with Gasteiger partial charge < -0.3 is 0 Å². The molecular formula is C17H16N6S2. The van der Waals surface area contributed by atoms with Crippen molar-refractivity contribution in [1.29, 1.82) is 0 Å². The molecule has 8 heteroatoms. The molecule has 3 heterocycles. The molecule has 0 aliphatic rings. The molecule has 126 valence electrons. The van der Waals surface area contributed by atoms with Crippen molar-refractivity contribution in [3.8, 4) is 5.69 Å². The van der Waals surface area contributed by atoms with Crippen LogP contribution in [0.4, 0.5) is 0 Å². The first-order valence-corrected chi connectivity index (χ1v) is 9.61. The first kappa shape index (κ1) is 16.2. The largest absolute Gasteiger partial charge is 0.229 e. The lowest BCUT2D eigenvalue weighted by molar-refractivity contribution is 0.777. The van der Waals surface area contributed by atoms with Crippen molar-refractivity contribution in [2.45, 2.75) is 31.6 Å². The average Bonchev–Trinajstić information content (AvgIpc) is 3.19. The molecule has 4 aromatic rings. The van der Waals surface area contributed by atoms with E-state index in [4.69, 9.17) is 0 Å². The summed E-state index contributed by atoms with van der Waals surface area (Å²) in [7, 11) is 0. The molecule has 0 fully saturated rings. The second-order valence-electron chi connectivity index (χ2n) is 5.77. The predicted molar refractivity (Wildman–Crippen MR) is 100 cm³/mol. The molecule has 3 aromatic heterocycles. The summed E-state index contributed by atoms with van der Waals surface area (Å²) in [5.74, 6) is 1.44. The average molecular weight is 368 g/mol. The van der Waals surface area contributed by atoms with Crippen LogP contribution in [-0.4, -0.2) is 30.2 Å². The summed E-state index contributed by atoms with van der Waals surface area (Å²) in [5.41, 5.74) is 3.42. The third-order valence-corrected chi connectivity index (χ3v) is 6.18. The van der Waals surface area contributed by atoms with Crippen molar-refractivity contribution in [1.82, 2.24) is 30.2 Å². The van der Waals surface area contributed by atoms with E-state index < -0.39 is 0 Å². The smallest absolute Gasteiger partial charge is 0.166 e. The molecule has 0 radical (unpaired) electrons. The SMILES string of the molecule is Cc1ccc(-n2nnnc2CSc2ncnc3sc(C)c(C)c23)cc1. The number of aromatic nitrogens is 6. The first-order chi connectivity index (χ1) is 12.1. The van der Waals surface area contributed by atoms with E-state index in [2.05, 4.69) is 58.4 Å². The van der Waals surface area contributed by atoms with E-state index in [1.165, 1.54) is 16.0 Å². The van der Waals surface area contributed by atoms with E-state index in [1.54, 1.807) is 34.1 Å². The molecular weight excluding hydrogens is 352 g/mol. The monoisotopic (exact) mass is 368 g/mol. The first-order valence-electron chi connectivity index (χ1n) is 7.81. The van der Waals surface area contributed by atoms with Gasteiger partial charge >= 0.3 is 0 Å². The Morgan fingerprint density at radius 2 is 1.88 bits per heavy atom. The number of nitrogens with zero attached hydrogens (tertiary/aromatic N) is 6. The highest BCUT2D eigenvalue weighted by Crippen LogP contribution is 2.35. The second-order valence-corrected chi connectivity index (χ2v) is 7.94. The van der Waals surface area contributed by atoms with Crippen LogP contribution >= 0.6 is 23.1 Å². The second kappa shape index (κ2) is 6.53. The van der Waals surface area contributed by atoms with Crippen LogP contribution in [0.1, 0.15) is 21.8 Å². The summed E-state index contributed by atoms with van der Waals surface area (Å²) >= 11 is 3.35. The third-order valence-electron chi connectivity index (χ3n) is 4.08. The van der Waals surface area contributed by atoms with Gasteiger partial charge in [0.2, 0.25) is 0 Å². The highest BCUT2D eigenvalue weighted by molar-refractivity contribution is 7.98. The van der Waals surface area contributed by atoms with Crippen LogP contribution in [0.5, 0.6) is 0 Å². The van der Waals surface area contributed by atoms with E-state index in [0.29, 0.717) is 5.75 Å². The van der Waals surface area contributed by atoms with Crippen LogP contribution in [0.2, 0.25) is 0 Å². The fraction of sp³-hybridized carbons (Fsp3) is 0.235. The lowest BCUT2D eigenvalue weighted by atomic mass is 10.2. The van der Waals surface area contributed by atoms with Gasteiger partial charge in [0.25, 0.3) is 0 Å². The van der Waals surface area contributed by atoms with Gasteiger partial charge in [-0.2, -0.15) is 4.68 Å². The molecule has 0 amide bonds. The lowest BCUT2D eigenvalue weighted by Crippen LogP contribution is -2.02. The van der Waals surface area contributed by atoms with E-state index >= 15 is 0 Å². The summed E-state index contributed by atoms with van der Waals surface area (Å²) in [6, 6.07) is 8.16. The molecule has 6 nitrogen and oxygen atoms in total. The topological polar surface area (TPSA) is 69.4 Å². The molecule has 1 aromatic carbocycles. The number of hydrogen-bond donors (Lipinski definition) is 0. The molecule has 0 spiro atoms. The van der Waals surface area contributed by atoms with Gasteiger partial charge in [0, 0.05) is 10.3 Å². The van der Waals surface area contributed by atoms with Gasteiger partial charge in [-0.25, -0.2) is 9.97 Å². The Balaban J connectivity index is 1.63. The molecule has 0 unspecified atom stereocenters. The Kier molecular flexibility index (Phi) is 4.22. The van der Waals surface area contributed by atoms with E-state index in [0.717, 1.165) is 26.8 Å². The highest BCUT2D eigenvalue weighted by Gasteiger charge is 2.14. The molecule has 0 atom stereocenters. The number of thiophene rings is 1. The number of rotatable bonds is 4. The molecule has 0 aliphatic heterocycles. The maximum atomic E-state index is 4.48. The number of hydrogen-bond acceptors (Lipinski definition) is 7. The number of thioether (sulfide) groups is 1.